The van der Waals surface area contributed by atoms with E-state index in [0.717, 1.165) is 0 Å². The van der Waals surface area contributed by atoms with Crippen LogP contribution in [0.3, 0.4) is 0 Å². The van der Waals surface area contributed by atoms with E-state index in [9.17, 15) is 4.79 Å². The number of nitrogen functional groups attached to an aromatic ring is 1. The van der Waals surface area contributed by atoms with Gasteiger partial charge in [-0.2, -0.15) is 0 Å². The van der Waals surface area contributed by atoms with Crippen LogP contribution in [-0.4, -0.2) is 27.3 Å². The van der Waals surface area contributed by atoms with Crippen molar-refractivity contribution < 1.29 is 19.0 Å². The summed E-state index contributed by atoms with van der Waals surface area (Å²) in [7, 11) is 4.24. The van der Waals surface area contributed by atoms with Gasteiger partial charge in [-0.15, -0.1) is 0 Å². The number of hydrogen-bond donors (Lipinski definition) is 1. The van der Waals surface area contributed by atoms with E-state index in [-0.39, 0.29) is 0 Å². The summed E-state index contributed by atoms with van der Waals surface area (Å²) in [6.07, 6.45) is 0. The van der Waals surface area contributed by atoms with Crippen molar-refractivity contribution in [1.82, 2.24) is 0 Å². The molecular weight excluding hydrogens is 258 g/mol. The largest absolute Gasteiger partial charge is 0.491 e. The molecule has 0 amide bonds. The fourth-order valence-corrected chi connectivity index (χ4v) is 2.05. The Kier molecular flexibility index (Phi) is 4.67. The van der Waals surface area contributed by atoms with Gasteiger partial charge in [0.1, 0.15) is 0 Å². The quantitative estimate of drug-likeness (QED) is 0.673. The van der Waals surface area contributed by atoms with E-state index in [1.807, 2.05) is 0 Å². The van der Waals surface area contributed by atoms with E-state index in [4.69, 9.17) is 26.8 Å². The maximum Gasteiger partial charge on any atom is 0.312 e. The number of nitrogens with two attached hydrogens (primary N) is 1. The molecule has 2 N–H and O–H groups in total. The molecule has 1 aromatic carbocycles. The number of ether oxygens (including phenoxy) is 3. The number of anilines is 1. The Balaban J connectivity index is 3.39. The van der Waals surface area contributed by atoms with Crippen LogP contribution in [0.1, 0.15) is 18.4 Å². The molecule has 1 rings (SSSR count). The SMILES string of the molecule is COC(=O)[C@H](C)c1cc(N)c(OC)c(OC)c1Cl. The predicted molar refractivity (Wildman–Crippen MR) is 69.4 cm³/mol. The highest BCUT2D eigenvalue weighted by Gasteiger charge is 2.24. The molecule has 6 heteroatoms. The normalized spacial score (nSPS) is 11.8. The van der Waals surface area contributed by atoms with Gasteiger partial charge >= 0.3 is 5.97 Å². The topological polar surface area (TPSA) is 70.8 Å². The molecule has 0 aliphatic heterocycles. The summed E-state index contributed by atoms with van der Waals surface area (Å²) in [5.74, 6) is -0.277. The number of rotatable bonds is 4. The first-order valence-corrected chi connectivity index (χ1v) is 5.63. The summed E-state index contributed by atoms with van der Waals surface area (Å²) < 4.78 is 15.0. The maximum absolute atomic E-state index is 11.5. The molecule has 0 aromatic heterocycles. The zero-order valence-electron chi connectivity index (χ0n) is 10.7. The number of methoxy groups -OCH3 is 3. The monoisotopic (exact) mass is 273 g/mol. The minimum Gasteiger partial charge on any atom is -0.491 e. The number of esters is 1. The lowest BCUT2D eigenvalue weighted by atomic mass is 9.99. The summed E-state index contributed by atoms with van der Waals surface area (Å²) in [6, 6.07) is 1.59. The molecule has 0 saturated carbocycles. The summed E-state index contributed by atoms with van der Waals surface area (Å²) in [4.78, 5) is 11.5. The van der Waals surface area contributed by atoms with E-state index >= 15 is 0 Å². The lowest BCUT2D eigenvalue weighted by Gasteiger charge is -2.18. The van der Waals surface area contributed by atoms with E-state index < -0.39 is 11.9 Å². The van der Waals surface area contributed by atoms with Crippen molar-refractivity contribution in [3.05, 3.63) is 16.7 Å². The highest BCUT2D eigenvalue weighted by Crippen LogP contribution is 2.44. The first kappa shape index (κ1) is 14.4. The number of halogens is 1. The fourth-order valence-electron chi connectivity index (χ4n) is 1.67. The number of hydrogen-bond acceptors (Lipinski definition) is 5. The van der Waals surface area contributed by atoms with Gasteiger partial charge in [-0.1, -0.05) is 11.6 Å². The zero-order chi connectivity index (χ0) is 13.9. The second-order valence-electron chi connectivity index (χ2n) is 3.68. The van der Waals surface area contributed by atoms with Crippen LogP contribution in [0.15, 0.2) is 6.07 Å². The molecule has 18 heavy (non-hydrogen) atoms. The smallest absolute Gasteiger partial charge is 0.312 e. The van der Waals surface area contributed by atoms with Crippen molar-refractivity contribution >= 4 is 23.3 Å². The molecule has 0 bridgehead atoms. The Labute approximate surface area is 111 Å². The van der Waals surface area contributed by atoms with E-state index in [0.29, 0.717) is 27.8 Å². The Morgan fingerprint density at radius 3 is 2.28 bits per heavy atom. The number of benzene rings is 1. The molecule has 0 aliphatic rings. The van der Waals surface area contributed by atoms with Gasteiger partial charge in [-0.25, -0.2) is 0 Å². The zero-order valence-corrected chi connectivity index (χ0v) is 11.5. The summed E-state index contributed by atoms with van der Waals surface area (Å²) in [5, 5.41) is 0.293. The van der Waals surface area contributed by atoms with Crippen LogP contribution in [0.4, 0.5) is 5.69 Å². The second kappa shape index (κ2) is 5.82. The molecule has 0 heterocycles. The van der Waals surface area contributed by atoms with Crippen LogP contribution in [-0.2, 0) is 9.53 Å². The van der Waals surface area contributed by atoms with Crippen molar-refractivity contribution in [3.8, 4) is 11.5 Å². The van der Waals surface area contributed by atoms with Crippen LogP contribution in [0.5, 0.6) is 11.5 Å². The van der Waals surface area contributed by atoms with Crippen LogP contribution < -0.4 is 15.2 Å². The van der Waals surface area contributed by atoms with Crippen molar-refractivity contribution in [2.24, 2.45) is 0 Å². The first-order valence-electron chi connectivity index (χ1n) is 5.25. The van der Waals surface area contributed by atoms with E-state index in [1.54, 1.807) is 13.0 Å². The summed E-state index contributed by atoms with van der Waals surface area (Å²) >= 11 is 6.19. The van der Waals surface area contributed by atoms with Gasteiger partial charge in [0.25, 0.3) is 0 Å². The average Bonchev–Trinajstić information content (AvgIpc) is 2.38. The molecule has 1 aromatic rings. The van der Waals surface area contributed by atoms with Crippen LogP contribution >= 0.6 is 11.6 Å². The molecule has 0 saturated heterocycles. The fraction of sp³-hybridized carbons (Fsp3) is 0.417. The summed E-state index contributed by atoms with van der Waals surface area (Å²) in [6.45, 7) is 1.68. The number of carbonyl (C=O) groups is 1. The molecule has 0 radical (unpaired) electrons. The molecule has 0 spiro atoms. The molecular formula is C12H16ClNO4. The highest BCUT2D eigenvalue weighted by atomic mass is 35.5. The molecule has 0 fully saturated rings. The standard InChI is InChI=1S/C12H16ClNO4/c1-6(12(15)18-4)7-5-8(14)10(16-2)11(17-3)9(7)13/h5-6H,14H2,1-4H3/t6-/m1/s1. The van der Waals surface area contributed by atoms with Crippen molar-refractivity contribution in [2.45, 2.75) is 12.8 Å². The van der Waals surface area contributed by atoms with Gasteiger partial charge in [0, 0.05) is 0 Å². The average molecular weight is 274 g/mol. The van der Waals surface area contributed by atoms with Crippen molar-refractivity contribution in [2.75, 3.05) is 27.1 Å². The minimum atomic E-state index is -0.537. The molecule has 0 aliphatic carbocycles. The molecule has 0 unspecified atom stereocenters. The van der Waals surface area contributed by atoms with Gasteiger partial charge in [-0.05, 0) is 18.6 Å². The Morgan fingerprint density at radius 2 is 1.83 bits per heavy atom. The Morgan fingerprint density at radius 1 is 1.28 bits per heavy atom. The predicted octanol–water partition coefficient (Wildman–Crippen LogP) is 2.22. The van der Waals surface area contributed by atoms with Gasteiger partial charge in [0.2, 0.25) is 0 Å². The molecule has 5 nitrogen and oxygen atoms in total. The van der Waals surface area contributed by atoms with E-state index in [1.165, 1.54) is 21.3 Å². The third kappa shape index (κ3) is 2.46. The second-order valence-corrected chi connectivity index (χ2v) is 4.06. The van der Waals surface area contributed by atoms with E-state index in [2.05, 4.69) is 4.74 Å². The maximum atomic E-state index is 11.5. The van der Waals surface area contributed by atoms with Gasteiger partial charge in [0.05, 0.1) is 38.0 Å². The lowest BCUT2D eigenvalue weighted by molar-refractivity contribution is -0.141. The molecule has 100 valence electrons. The van der Waals surface area contributed by atoms with Crippen molar-refractivity contribution in [1.29, 1.82) is 0 Å². The molecule has 1 atom stereocenters. The lowest BCUT2D eigenvalue weighted by Crippen LogP contribution is -2.12. The Bertz CT molecular complexity index is 462. The summed E-state index contributed by atoms with van der Waals surface area (Å²) in [5.41, 5.74) is 6.73. The highest BCUT2D eigenvalue weighted by molar-refractivity contribution is 6.33. The van der Waals surface area contributed by atoms with Crippen molar-refractivity contribution in [3.63, 3.8) is 0 Å². The van der Waals surface area contributed by atoms with Gasteiger partial charge in [0.15, 0.2) is 11.5 Å². The van der Waals surface area contributed by atoms with Crippen LogP contribution in [0.25, 0.3) is 0 Å². The third-order valence-corrected chi connectivity index (χ3v) is 3.05. The van der Waals surface area contributed by atoms with Gasteiger partial charge in [-0.3, -0.25) is 4.79 Å². The number of carbonyl (C=O) groups excluding carboxylic acids is 1. The Hall–Kier alpha value is -1.62. The minimum absolute atomic E-state index is 0.293. The van der Waals surface area contributed by atoms with Crippen LogP contribution in [0.2, 0.25) is 5.02 Å². The first-order chi connectivity index (χ1) is 8.47. The van der Waals surface area contributed by atoms with Gasteiger partial charge < -0.3 is 19.9 Å². The van der Waals surface area contributed by atoms with Crippen LogP contribution in [0, 0.1) is 0 Å². The third-order valence-electron chi connectivity index (χ3n) is 2.66.